The molecule has 0 saturated carbocycles. The van der Waals surface area contributed by atoms with E-state index in [1.165, 1.54) is 0 Å². The first-order valence-electron chi connectivity index (χ1n) is 2.02. The largest absolute Gasteiger partial charge is 0.377 e. The van der Waals surface area contributed by atoms with Crippen molar-refractivity contribution >= 4 is 13.0 Å². The Balaban J connectivity index is 3.04. The molecular formula is C2H4N3O3P. The van der Waals surface area contributed by atoms with Crippen LogP contribution in [0.25, 0.3) is 0 Å². The molecule has 7 heteroatoms. The van der Waals surface area contributed by atoms with Gasteiger partial charge in [0, 0.05) is 0 Å². The zero-order valence-corrected chi connectivity index (χ0v) is 5.12. The first kappa shape index (κ1) is 6.41. The SMILES string of the molecule is O=P(O)(O)c1cn[nH]n1. The van der Waals surface area contributed by atoms with Crippen LogP contribution in [0, 0.1) is 0 Å². The molecule has 50 valence electrons. The minimum Gasteiger partial charge on any atom is -0.320 e. The number of nitrogens with one attached hydrogen (secondary N) is 1. The predicted octanol–water partition coefficient (Wildman–Crippen LogP) is -1.39. The van der Waals surface area contributed by atoms with Gasteiger partial charge in [-0.1, -0.05) is 0 Å². The maximum atomic E-state index is 10.3. The standard InChI is InChI=1S/C2H4N3O3P/c6-9(7,8)2-1-3-5-4-2/h1H,(H,3,4,5)(H2,6,7,8). The summed E-state index contributed by atoms with van der Waals surface area (Å²) in [4.78, 5) is 16.7. The first-order valence-corrected chi connectivity index (χ1v) is 3.64. The summed E-state index contributed by atoms with van der Waals surface area (Å²) in [6.45, 7) is 0. The number of hydrogen-bond donors (Lipinski definition) is 3. The second-order valence-electron chi connectivity index (χ2n) is 1.37. The van der Waals surface area contributed by atoms with Gasteiger partial charge in [0.25, 0.3) is 0 Å². The van der Waals surface area contributed by atoms with E-state index in [9.17, 15) is 4.57 Å². The smallest absolute Gasteiger partial charge is 0.320 e. The molecule has 1 heterocycles. The Morgan fingerprint density at radius 3 is 2.56 bits per heavy atom. The van der Waals surface area contributed by atoms with E-state index >= 15 is 0 Å². The van der Waals surface area contributed by atoms with Gasteiger partial charge in [-0.25, -0.2) is 0 Å². The Kier molecular flexibility index (Phi) is 1.36. The summed E-state index contributed by atoms with van der Waals surface area (Å²) in [5.41, 5.74) is -0.331. The van der Waals surface area contributed by atoms with Crippen LogP contribution < -0.4 is 5.44 Å². The number of H-pyrrole nitrogens is 1. The molecular weight excluding hydrogens is 145 g/mol. The van der Waals surface area contributed by atoms with Crippen molar-refractivity contribution in [1.82, 2.24) is 15.4 Å². The van der Waals surface area contributed by atoms with Crippen molar-refractivity contribution in [3.63, 3.8) is 0 Å². The fourth-order valence-electron chi connectivity index (χ4n) is 0.336. The molecule has 9 heavy (non-hydrogen) atoms. The lowest BCUT2D eigenvalue weighted by molar-refractivity contribution is 0.386. The minimum absolute atomic E-state index is 0.331. The summed E-state index contributed by atoms with van der Waals surface area (Å²) < 4.78 is 10.3. The van der Waals surface area contributed by atoms with Crippen molar-refractivity contribution in [2.75, 3.05) is 0 Å². The number of aromatic nitrogens is 3. The van der Waals surface area contributed by atoms with Crippen molar-refractivity contribution in [2.24, 2.45) is 0 Å². The van der Waals surface area contributed by atoms with Gasteiger partial charge in [-0.2, -0.15) is 10.3 Å². The third-order valence-electron chi connectivity index (χ3n) is 0.701. The van der Waals surface area contributed by atoms with Crippen molar-refractivity contribution < 1.29 is 14.4 Å². The van der Waals surface area contributed by atoms with Crippen LogP contribution in [0.3, 0.4) is 0 Å². The van der Waals surface area contributed by atoms with Crippen LogP contribution in [0.4, 0.5) is 0 Å². The highest BCUT2D eigenvalue weighted by Gasteiger charge is 2.19. The second-order valence-corrected chi connectivity index (χ2v) is 2.92. The molecule has 3 N–H and O–H groups in total. The maximum Gasteiger partial charge on any atom is 0.377 e. The average Bonchev–Trinajstić information content (AvgIpc) is 2.08. The fourth-order valence-corrected chi connectivity index (χ4v) is 0.719. The fraction of sp³-hybridized carbons (Fsp3) is 0. The Labute approximate surface area is 50.1 Å². The lowest BCUT2D eigenvalue weighted by Gasteiger charge is -1.93. The summed E-state index contributed by atoms with van der Waals surface area (Å²) in [6.07, 6.45) is 0.987. The van der Waals surface area contributed by atoms with Gasteiger partial charge < -0.3 is 9.79 Å². The Morgan fingerprint density at radius 1 is 1.67 bits per heavy atom. The molecule has 0 atom stereocenters. The first-order chi connectivity index (χ1) is 4.11. The molecule has 0 aromatic carbocycles. The summed E-state index contributed by atoms with van der Waals surface area (Å²) >= 11 is 0. The summed E-state index contributed by atoms with van der Waals surface area (Å²) in [5.74, 6) is 0. The molecule has 6 nitrogen and oxygen atoms in total. The van der Waals surface area contributed by atoms with Gasteiger partial charge in [0.15, 0.2) is 5.44 Å². The molecule has 1 aromatic heterocycles. The van der Waals surface area contributed by atoms with E-state index in [4.69, 9.17) is 9.79 Å². The molecule has 1 rings (SSSR count). The van der Waals surface area contributed by atoms with Crippen molar-refractivity contribution in [3.8, 4) is 0 Å². The number of aromatic amines is 1. The van der Waals surface area contributed by atoms with Crippen LogP contribution in [0.2, 0.25) is 0 Å². The number of rotatable bonds is 1. The van der Waals surface area contributed by atoms with Crippen LogP contribution in [0.15, 0.2) is 6.20 Å². The topological polar surface area (TPSA) is 99.1 Å². The van der Waals surface area contributed by atoms with Crippen molar-refractivity contribution in [1.29, 1.82) is 0 Å². The Hall–Kier alpha value is -0.710. The molecule has 0 radical (unpaired) electrons. The second kappa shape index (κ2) is 1.91. The van der Waals surface area contributed by atoms with E-state index in [1.54, 1.807) is 0 Å². The Bertz CT molecular complexity index is 225. The van der Waals surface area contributed by atoms with Gasteiger partial charge in [0.1, 0.15) is 0 Å². The van der Waals surface area contributed by atoms with Gasteiger partial charge in [0.05, 0.1) is 6.20 Å². The van der Waals surface area contributed by atoms with Crippen LogP contribution in [0.1, 0.15) is 0 Å². The van der Waals surface area contributed by atoms with E-state index < -0.39 is 7.60 Å². The van der Waals surface area contributed by atoms with Crippen molar-refractivity contribution in [3.05, 3.63) is 6.20 Å². The molecule has 0 fully saturated rings. The lowest BCUT2D eigenvalue weighted by atomic mass is 11.0. The van der Waals surface area contributed by atoms with Crippen LogP contribution in [-0.2, 0) is 4.57 Å². The van der Waals surface area contributed by atoms with E-state index in [1.807, 2.05) is 5.21 Å². The summed E-state index contributed by atoms with van der Waals surface area (Å²) in [6, 6.07) is 0. The highest BCUT2D eigenvalue weighted by molar-refractivity contribution is 7.59. The van der Waals surface area contributed by atoms with Gasteiger partial charge in [0.2, 0.25) is 0 Å². The van der Waals surface area contributed by atoms with Crippen LogP contribution >= 0.6 is 7.60 Å². The molecule has 0 unspecified atom stereocenters. The third kappa shape index (κ3) is 1.35. The van der Waals surface area contributed by atoms with E-state index in [2.05, 4.69) is 10.2 Å². The zero-order valence-electron chi connectivity index (χ0n) is 4.22. The molecule has 0 saturated heterocycles. The minimum atomic E-state index is -4.18. The molecule has 0 aliphatic carbocycles. The quantitative estimate of drug-likeness (QED) is 0.427. The molecule has 0 bridgehead atoms. The number of hydrogen-bond acceptors (Lipinski definition) is 3. The van der Waals surface area contributed by atoms with Gasteiger partial charge in [-0.05, 0) is 0 Å². The molecule has 0 aliphatic heterocycles. The molecule has 0 spiro atoms. The van der Waals surface area contributed by atoms with Crippen LogP contribution in [-0.4, -0.2) is 25.2 Å². The summed E-state index contributed by atoms with van der Waals surface area (Å²) in [7, 11) is -4.18. The molecule has 0 amide bonds. The van der Waals surface area contributed by atoms with Gasteiger partial charge in [-0.3, -0.25) is 4.57 Å². The third-order valence-corrected chi connectivity index (χ3v) is 1.51. The van der Waals surface area contributed by atoms with E-state index in [0.29, 0.717) is 0 Å². The highest BCUT2D eigenvalue weighted by Crippen LogP contribution is 2.30. The van der Waals surface area contributed by atoms with Crippen LogP contribution in [0.5, 0.6) is 0 Å². The highest BCUT2D eigenvalue weighted by atomic mass is 31.2. The lowest BCUT2D eigenvalue weighted by Crippen LogP contribution is -2.03. The predicted molar refractivity (Wildman–Crippen MR) is 28.1 cm³/mol. The zero-order chi connectivity index (χ0) is 6.91. The Morgan fingerprint density at radius 2 is 2.33 bits per heavy atom. The molecule has 1 aromatic rings. The van der Waals surface area contributed by atoms with Gasteiger partial charge >= 0.3 is 7.60 Å². The number of nitrogens with zero attached hydrogens (tertiary/aromatic N) is 2. The van der Waals surface area contributed by atoms with Crippen molar-refractivity contribution in [2.45, 2.75) is 0 Å². The maximum absolute atomic E-state index is 10.3. The average molecular weight is 149 g/mol. The van der Waals surface area contributed by atoms with E-state index in [0.717, 1.165) is 6.20 Å². The normalized spacial score (nSPS) is 11.8. The van der Waals surface area contributed by atoms with E-state index in [-0.39, 0.29) is 5.44 Å². The monoisotopic (exact) mass is 149 g/mol. The van der Waals surface area contributed by atoms with Gasteiger partial charge in [-0.15, -0.1) is 5.10 Å². The summed E-state index contributed by atoms with van der Waals surface area (Å²) in [5, 5.41) is 8.49. The molecule has 0 aliphatic rings.